The molecule has 0 saturated heterocycles. The first-order valence-corrected chi connectivity index (χ1v) is 4.65. The third kappa shape index (κ3) is 1.23. The number of rotatable bonds is 1. The van der Waals surface area contributed by atoms with Crippen molar-refractivity contribution in [1.29, 1.82) is 0 Å². The number of fused-ring (bicyclic) bond motifs is 1. The maximum Gasteiger partial charge on any atom is 0.355 e. The van der Waals surface area contributed by atoms with Crippen molar-refractivity contribution in [3.8, 4) is 0 Å². The minimum absolute atomic E-state index is 0.379. The van der Waals surface area contributed by atoms with Gasteiger partial charge in [-0.05, 0) is 22.6 Å². The van der Waals surface area contributed by atoms with Gasteiger partial charge in [-0.25, -0.2) is 4.79 Å². The van der Waals surface area contributed by atoms with Gasteiger partial charge in [-0.15, -0.1) is 0 Å². The average Bonchev–Trinajstić information content (AvgIpc) is 2.68. The second-order valence-electron chi connectivity index (χ2n) is 2.47. The molecular formula is C8H6INO3. The largest absolute Gasteiger partial charge is 0.464 e. The van der Waals surface area contributed by atoms with Gasteiger partial charge in [-0.1, -0.05) is 0 Å². The van der Waals surface area contributed by atoms with E-state index in [1.165, 1.54) is 7.11 Å². The molecule has 5 heteroatoms. The number of furan rings is 1. The smallest absolute Gasteiger partial charge is 0.355 e. The molecule has 0 aliphatic heterocycles. The molecule has 0 aromatic carbocycles. The number of carbonyl (C=O) groups excluding carboxylic acids is 1. The van der Waals surface area contributed by atoms with Gasteiger partial charge in [-0.3, -0.25) is 0 Å². The summed E-state index contributed by atoms with van der Waals surface area (Å²) in [5.41, 5.74) is 1.95. The van der Waals surface area contributed by atoms with Gasteiger partial charge in [0, 0.05) is 6.07 Å². The number of methoxy groups -OCH3 is 1. The fraction of sp³-hybridized carbons (Fsp3) is 0.125. The zero-order valence-electron chi connectivity index (χ0n) is 6.76. The maximum atomic E-state index is 11.2. The van der Waals surface area contributed by atoms with Gasteiger partial charge < -0.3 is 14.1 Å². The van der Waals surface area contributed by atoms with Crippen LogP contribution in [0.2, 0.25) is 0 Å². The molecule has 1 N–H and O–H groups in total. The predicted molar refractivity (Wildman–Crippen MR) is 54.6 cm³/mol. The van der Waals surface area contributed by atoms with Crippen LogP contribution in [-0.4, -0.2) is 18.1 Å². The van der Waals surface area contributed by atoms with Crippen LogP contribution in [0.5, 0.6) is 0 Å². The molecule has 2 aromatic heterocycles. The Kier molecular flexibility index (Phi) is 2.03. The molecule has 13 heavy (non-hydrogen) atoms. The predicted octanol–water partition coefficient (Wildman–Crippen LogP) is 2.15. The Morgan fingerprint density at radius 3 is 3.08 bits per heavy atom. The number of hydrogen-bond donors (Lipinski definition) is 1. The van der Waals surface area contributed by atoms with E-state index in [-0.39, 0.29) is 5.97 Å². The zero-order chi connectivity index (χ0) is 9.42. The normalized spacial score (nSPS) is 10.6. The van der Waals surface area contributed by atoms with E-state index in [4.69, 9.17) is 4.42 Å². The van der Waals surface area contributed by atoms with Crippen LogP contribution in [0.3, 0.4) is 0 Å². The Morgan fingerprint density at radius 2 is 2.46 bits per heavy atom. The Labute approximate surface area is 87.4 Å². The van der Waals surface area contributed by atoms with E-state index in [0.717, 1.165) is 9.09 Å². The topological polar surface area (TPSA) is 55.2 Å². The molecule has 2 aromatic rings. The van der Waals surface area contributed by atoms with E-state index in [1.54, 1.807) is 12.3 Å². The van der Waals surface area contributed by atoms with E-state index in [9.17, 15) is 4.79 Å². The molecule has 0 radical (unpaired) electrons. The minimum atomic E-state index is -0.379. The van der Waals surface area contributed by atoms with Crippen LogP contribution >= 0.6 is 22.6 Å². The van der Waals surface area contributed by atoms with Crippen LogP contribution in [0.15, 0.2) is 16.7 Å². The van der Waals surface area contributed by atoms with Crippen LogP contribution < -0.4 is 0 Å². The molecule has 0 aliphatic carbocycles. The van der Waals surface area contributed by atoms with Crippen molar-refractivity contribution in [2.45, 2.75) is 0 Å². The standard InChI is InChI=1S/C8H6INO3/c1-12-8(11)6-5(9)7-4(10-6)2-3-13-7/h2-3,10H,1H3. The minimum Gasteiger partial charge on any atom is -0.464 e. The second kappa shape index (κ2) is 3.06. The molecule has 0 bridgehead atoms. The number of esters is 1. The highest BCUT2D eigenvalue weighted by molar-refractivity contribution is 14.1. The van der Waals surface area contributed by atoms with Crippen molar-refractivity contribution in [2.75, 3.05) is 7.11 Å². The summed E-state index contributed by atoms with van der Waals surface area (Å²) in [7, 11) is 1.35. The molecule has 0 fully saturated rings. The first-order chi connectivity index (χ1) is 6.24. The molecule has 0 unspecified atom stereocenters. The van der Waals surface area contributed by atoms with Gasteiger partial charge in [-0.2, -0.15) is 0 Å². The Morgan fingerprint density at radius 1 is 1.69 bits per heavy atom. The summed E-state index contributed by atoms with van der Waals surface area (Å²) in [6.45, 7) is 0. The average molecular weight is 291 g/mol. The Balaban J connectivity index is 2.64. The quantitative estimate of drug-likeness (QED) is 0.647. The lowest BCUT2D eigenvalue weighted by molar-refractivity contribution is 0.0594. The summed E-state index contributed by atoms with van der Waals surface area (Å²) in [5.74, 6) is -0.379. The number of ether oxygens (including phenoxy) is 1. The van der Waals surface area contributed by atoms with Gasteiger partial charge in [0.1, 0.15) is 5.69 Å². The number of aromatic nitrogens is 1. The molecular weight excluding hydrogens is 285 g/mol. The monoisotopic (exact) mass is 291 g/mol. The molecule has 0 amide bonds. The lowest BCUT2D eigenvalue weighted by Crippen LogP contribution is -2.03. The molecule has 68 valence electrons. The van der Waals surface area contributed by atoms with Crippen molar-refractivity contribution in [3.05, 3.63) is 21.6 Å². The van der Waals surface area contributed by atoms with E-state index in [2.05, 4.69) is 9.72 Å². The first-order valence-electron chi connectivity index (χ1n) is 3.57. The summed E-state index contributed by atoms with van der Waals surface area (Å²) in [4.78, 5) is 14.1. The summed E-state index contributed by atoms with van der Waals surface area (Å²) < 4.78 is 10.5. The highest BCUT2D eigenvalue weighted by Gasteiger charge is 2.17. The highest BCUT2D eigenvalue weighted by Crippen LogP contribution is 2.25. The fourth-order valence-electron chi connectivity index (χ4n) is 1.12. The fourth-order valence-corrected chi connectivity index (χ4v) is 1.90. The van der Waals surface area contributed by atoms with Gasteiger partial charge in [0.25, 0.3) is 0 Å². The summed E-state index contributed by atoms with van der Waals surface area (Å²) in [6, 6.07) is 1.77. The van der Waals surface area contributed by atoms with E-state index in [0.29, 0.717) is 11.3 Å². The summed E-state index contributed by atoms with van der Waals surface area (Å²) in [5, 5.41) is 0. The van der Waals surface area contributed by atoms with Gasteiger partial charge in [0.05, 0.1) is 22.5 Å². The molecule has 2 heterocycles. The Hall–Kier alpha value is -0.980. The van der Waals surface area contributed by atoms with Gasteiger partial charge in [0.15, 0.2) is 5.58 Å². The molecule has 0 saturated carbocycles. The number of carbonyl (C=O) groups is 1. The molecule has 0 atom stereocenters. The number of aromatic amines is 1. The molecule has 4 nitrogen and oxygen atoms in total. The maximum absolute atomic E-state index is 11.2. The molecule has 2 rings (SSSR count). The van der Waals surface area contributed by atoms with Crippen molar-refractivity contribution < 1.29 is 13.9 Å². The second-order valence-corrected chi connectivity index (χ2v) is 3.55. The van der Waals surface area contributed by atoms with Crippen LogP contribution in [0.25, 0.3) is 11.1 Å². The zero-order valence-corrected chi connectivity index (χ0v) is 8.91. The van der Waals surface area contributed by atoms with Crippen LogP contribution in [-0.2, 0) is 4.74 Å². The Bertz CT molecular complexity index is 457. The third-order valence-corrected chi connectivity index (χ3v) is 2.76. The number of nitrogens with one attached hydrogen (secondary N) is 1. The van der Waals surface area contributed by atoms with E-state index >= 15 is 0 Å². The van der Waals surface area contributed by atoms with Crippen LogP contribution in [0.4, 0.5) is 0 Å². The van der Waals surface area contributed by atoms with Crippen molar-refractivity contribution in [1.82, 2.24) is 4.98 Å². The summed E-state index contributed by atoms with van der Waals surface area (Å²) in [6.07, 6.45) is 1.57. The van der Waals surface area contributed by atoms with Crippen molar-refractivity contribution in [2.24, 2.45) is 0 Å². The lowest BCUT2D eigenvalue weighted by atomic mass is 10.4. The number of halogens is 1. The molecule has 0 aliphatic rings. The third-order valence-electron chi connectivity index (χ3n) is 1.73. The lowest BCUT2D eigenvalue weighted by Gasteiger charge is -1.94. The van der Waals surface area contributed by atoms with Crippen molar-refractivity contribution >= 4 is 39.7 Å². The van der Waals surface area contributed by atoms with Crippen LogP contribution in [0, 0.1) is 3.57 Å². The first kappa shape index (κ1) is 8.61. The van der Waals surface area contributed by atoms with Crippen LogP contribution in [0.1, 0.15) is 10.5 Å². The van der Waals surface area contributed by atoms with E-state index in [1.807, 2.05) is 22.6 Å². The molecule has 0 spiro atoms. The highest BCUT2D eigenvalue weighted by atomic mass is 127. The number of hydrogen-bond acceptors (Lipinski definition) is 3. The summed E-state index contributed by atoms with van der Waals surface area (Å²) >= 11 is 2.04. The van der Waals surface area contributed by atoms with Crippen molar-refractivity contribution in [3.63, 3.8) is 0 Å². The SMILES string of the molecule is COC(=O)c1[nH]c2ccoc2c1I. The van der Waals surface area contributed by atoms with Gasteiger partial charge >= 0.3 is 5.97 Å². The van der Waals surface area contributed by atoms with Gasteiger partial charge in [0.2, 0.25) is 0 Å². The van der Waals surface area contributed by atoms with E-state index < -0.39 is 0 Å². The number of H-pyrrole nitrogens is 1.